The first-order valence-corrected chi connectivity index (χ1v) is 5.16. The fourth-order valence-electron chi connectivity index (χ4n) is 1.74. The first-order chi connectivity index (χ1) is 7.93. The fourth-order valence-corrected chi connectivity index (χ4v) is 1.74. The van der Waals surface area contributed by atoms with Gasteiger partial charge in [0.1, 0.15) is 0 Å². The topological polar surface area (TPSA) is 12.9 Å². The van der Waals surface area contributed by atoms with E-state index in [4.69, 9.17) is 0 Å². The molecule has 0 saturated carbocycles. The molecular formula is C15H9NY-2. The van der Waals surface area contributed by atoms with Gasteiger partial charge in [-0.2, -0.15) is 36.4 Å². The van der Waals surface area contributed by atoms with Crippen LogP contribution in [0.25, 0.3) is 21.9 Å². The van der Waals surface area contributed by atoms with Crippen molar-refractivity contribution in [1.29, 1.82) is 0 Å². The third-order valence-corrected chi connectivity index (χ3v) is 2.57. The Balaban J connectivity index is 0.00000108. The molecule has 2 heteroatoms. The summed E-state index contributed by atoms with van der Waals surface area (Å²) in [5.41, 5.74) is 2.14. The molecular weight excluding hydrogens is 283 g/mol. The zero-order valence-electron chi connectivity index (χ0n) is 9.22. The Morgan fingerprint density at radius 1 is 0.941 bits per heavy atom. The molecule has 1 radical (unpaired) electrons. The van der Waals surface area contributed by atoms with Crippen molar-refractivity contribution in [3.8, 4) is 11.1 Å². The van der Waals surface area contributed by atoms with E-state index < -0.39 is 0 Å². The van der Waals surface area contributed by atoms with E-state index in [1.165, 1.54) is 5.39 Å². The molecule has 0 aliphatic heterocycles. The molecule has 3 aromatic rings. The molecule has 1 aromatic heterocycles. The minimum atomic E-state index is 0. The van der Waals surface area contributed by atoms with Crippen LogP contribution in [0.5, 0.6) is 0 Å². The van der Waals surface area contributed by atoms with Crippen LogP contribution in [0.4, 0.5) is 0 Å². The Morgan fingerprint density at radius 2 is 1.88 bits per heavy atom. The quantitative estimate of drug-likeness (QED) is 0.626. The van der Waals surface area contributed by atoms with Gasteiger partial charge in [-0.3, -0.25) is 4.98 Å². The molecule has 0 amide bonds. The van der Waals surface area contributed by atoms with Crippen molar-refractivity contribution in [2.75, 3.05) is 0 Å². The summed E-state index contributed by atoms with van der Waals surface area (Å²) in [5, 5.41) is 2.29. The van der Waals surface area contributed by atoms with Crippen LogP contribution in [0.2, 0.25) is 0 Å². The maximum atomic E-state index is 4.09. The molecule has 0 aliphatic rings. The number of pyridine rings is 1. The van der Waals surface area contributed by atoms with Gasteiger partial charge in [0.15, 0.2) is 0 Å². The van der Waals surface area contributed by atoms with Gasteiger partial charge in [0, 0.05) is 38.9 Å². The second kappa shape index (κ2) is 5.53. The smallest absolute Gasteiger partial charge is 0.0248 e. The van der Waals surface area contributed by atoms with E-state index >= 15 is 0 Å². The van der Waals surface area contributed by atoms with Crippen molar-refractivity contribution in [1.82, 2.24) is 4.98 Å². The van der Waals surface area contributed by atoms with Gasteiger partial charge in [0.25, 0.3) is 0 Å². The number of aromatic nitrogens is 1. The second-order valence-electron chi connectivity index (χ2n) is 3.63. The monoisotopic (exact) mass is 292 g/mol. The molecule has 3 rings (SSSR count). The van der Waals surface area contributed by atoms with Gasteiger partial charge in [-0.25, -0.2) is 11.1 Å². The summed E-state index contributed by atoms with van der Waals surface area (Å²) in [5.74, 6) is 0. The van der Waals surface area contributed by atoms with Crippen molar-refractivity contribution in [2.24, 2.45) is 0 Å². The Morgan fingerprint density at radius 3 is 2.71 bits per heavy atom. The zero-order valence-corrected chi connectivity index (χ0v) is 12.1. The van der Waals surface area contributed by atoms with E-state index in [1.807, 2.05) is 42.6 Å². The van der Waals surface area contributed by atoms with Gasteiger partial charge >= 0.3 is 0 Å². The molecule has 0 bridgehead atoms. The Bertz CT molecular complexity index is 620. The molecule has 0 atom stereocenters. The molecule has 79 valence electrons. The molecule has 0 aliphatic carbocycles. The van der Waals surface area contributed by atoms with Gasteiger partial charge in [-0.15, -0.1) is 17.5 Å². The minimum Gasteiger partial charge on any atom is -0.274 e. The van der Waals surface area contributed by atoms with Crippen molar-refractivity contribution >= 4 is 10.8 Å². The van der Waals surface area contributed by atoms with Crippen LogP contribution in [0.15, 0.2) is 54.9 Å². The van der Waals surface area contributed by atoms with Gasteiger partial charge in [-0.1, -0.05) is 11.5 Å². The van der Waals surface area contributed by atoms with E-state index in [9.17, 15) is 0 Å². The summed E-state index contributed by atoms with van der Waals surface area (Å²) in [7, 11) is 0. The van der Waals surface area contributed by atoms with Crippen LogP contribution in [0.3, 0.4) is 0 Å². The molecule has 0 spiro atoms. The average molecular weight is 292 g/mol. The third-order valence-electron chi connectivity index (χ3n) is 2.57. The molecule has 0 unspecified atom stereocenters. The molecule has 2 aromatic carbocycles. The van der Waals surface area contributed by atoms with E-state index in [0.717, 1.165) is 16.5 Å². The van der Waals surface area contributed by atoms with Crippen LogP contribution >= 0.6 is 0 Å². The van der Waals surface area contributed by atoms with E-state index in [0.29, 0.717) is 0 Å². The second-order valence-corrected chi connectivity index (χ2v) is 3.63. The summed E-state index contributed by atoms with van der Waals surface area (Å²) >= 11 is 0. The molecule has 0 saturated heterocycles. The van der Waals surface area contributed by atoms with Gasteiger partial charge in [-0.05, 0) is 6.20 Å². The van der Waals surface area contributed by atoms with Gasteiger partial charge in [0.2, 0.25) is 0 Å². The summed E-state index contributed by atoms with van der Waals surface area (Å²) in [6, 6.07) is 20.5. The number of hydrogen-bond donors (Lipinski definition) is 0. The first-order valence-electron chi connectivity index (χ1n) is 5.16. The van der Waals surface area contributed by atoms with Crippen molar-refractivity contribution < 1.29 is 32.7 Å². The Kier molecular flexibility index (Phi) is 4.03. The molecule has 17 heavy (non-hydrogen) atoms. The van der Waals surface area contributed by atoms with E-state index in [2.05, 4.69) is 23.2 Å². The van der Waals surface area contributed by atoms with Crippen LogP contribution in [-0.4, -0.2) is 4.98 Å². The van der Waals surface area contributed by atoms with Crippen LogP contribution in [0, 0.1) is 12.1 Å². The molecule has 0 N–H and O–H groups in total. The molecule has 1 heterocycles. The van der Waals surface area contributed by atoms with Gasteiger partial charge in [0.05, 0.1) is 0 Å². The van der Waals surface area contributed by atoms with E-state index in [-0.39, 0.29) is 32.7 Å². The molecule has 0 fully saturated rings. The number of nitrogens with zero attached hydrogens (tertiary/aromatic N) is 1. The predicted molar refractivity (Wildman–Crippen MR) is 64.9 cm³/mol. The summed E-state index contributed by atoms with van der Waals surface area (Å²) in [6.07, 6.45) is 3.66. The Labute approximate surface area is 126 Å². The van der Waals surface area contributed by atoms with Crippen LogP contribution < -0.4 is 0 Å². The Hall–Kier alpha value is -1.05. The largest absolute Gasteiger partial charge is 0.274 e. The maximum Gasteiger partial charge on any atom is 0.0248 e. The summed E-state index contributed by atoms with van der Waals surface area (Å²) in [6.45, 7) is 0. The normalized spacial score (nSPS) is 9.88. The van der Waals surface area contributed by atoms with E-state index in [1.54, 1.807) is 6.20 Å². The average Bonchev–Trinajstić information content (AvgIpc) is 2.39. The predicted octanol–water partition coefficient (Wildman–Crippen LogP) is 3.50. The van der Waals surface area contributed by atoms with Crippen molar-refractivity contribution in [3.63, 3.8) is 0 Å². The standard InChI is InChI=1S/C15H9N.Y/c1-2-4-12(5-3-1)13-6-7-15-11-16-9-8-14(15)10-13;/h1-4,7-11H;/q-2;. The fraction of sp³-hybridized carbons (Fsp3) is 0. The number of fused-ring (bicyclic) bond motifs is 1. The maximum absolute atomic E-state index is 4.09. The molecule has 1 nitrogen and oxygen atoms in total. The van der Waals surface area contributed by atoms with Crippen LogP contribution in [-0.2, 0) is 32.7 Å². The zero-order chi connectivity index (χ0) is 10.8. The summed E-state index contributed by atoms with van der Waals surface area (Å²) in [4.78, 5) is 4.09. The minimum absolute atomic E-state index is 0. The number of benzene rings is 2. The van der Waals surface area contributed by atoms with Crippen LogP contribution in [0.1, 0.15) is 0 Å². The van der Waals surface area contributed by atoms with Gasteiger partial charge < -0.3 is 0 Å². The summed E-state index contributed by atoms with van der Waals surface area (Å²) < 4.78 is 0. The first kappa shape index (κ1) is 12.4. The third kappa shape index (κ3) is 2.62. The van der Waals surface area contributed by atoms with Crippen molar-refractivity contribution in [2.45, 2.75) is 0 Å². The SMILES string of the molecule is [Y].[c-]1ccccc1-c1[c-]cc2cnccc2c1. The van der Waals surface area contributed by atoms with Crippen molar-refractivity contribution in [3.05, 3.63) is 67.0 Å². The number of rotatable bonds is 1. The number of hydrogen-bond acceptors (Lipinski definition) is 1.